The predicted octanol–water partition coefficient (Wildman–Crippen LogP) is 3.02. The summed E-state index contributed by atoms with van der Waals surface area (Å²) in [5, 5.41) is 6.87. The van der Waals surface area contributed by atoms with Crippen LogP contribution in [0.5, 0.6) is 0 Å². The molecule has 0 saturated carbocycles. The molecule has 0 aromatic carbocycles. The molecule has 1 aliphatic rings. The zero-order valence-electron chi connectivity index (χ0n) is 17.9. The highest BCUT2D eigenvalue weighted by atomic mass is 127. The zero-order chi connectivity index (χ0) is 20.4. The van der Waals surface area contributed by atoms with Gasteiger partial charge < -0.3 is 29.4 Å². The van der Waals surface area contributed by atoms with Crippen molar-refractivity contribution in [2.24, 2.45) is 4.99 Å². The highest BCUT2D eigenvalue weighted by Crippen LogP contribution is 2.12. The molecule has 29 heavy (non-hydrogen) atoms. The van der Waals surface area contributed by atoms with Crippen molar-refractivity contribution in [2.45, 2.75) is 51.7 Å². The van der Waals surface area contributed by atoms with Crippen LogP contribution in [0, 0.1) is 0 Å². The van der Waals surface area contributed by atoms with Gasteiger partial charge in [0, 0.05) is 39.2 Å². The molecule has 8 nitrogen and oxygen atoms in total. The molecule has 0 spiro atoms. The number of rotatable bonds is 8. The lowest BCUT2D eigenvalue weighted by Crippen LogP contribution is -2.50. The Morgan fingerprint density at radius 3 is 2.69 bits per heavy atom. The number of amides is 1. The molecule has 2 heterocycles. The first-order valence-corrected chi connectivity index (χ1v) is 9.97. The fourth-order valence-corrected chi connectivity index (χ4v) is 2.86. The minimum Gasteiger partial charge on any atom is -0.469 e. The molecule has 0 unspecified atom stereocenters. The summed E-state index contributed by atoms with van der Waals surface area (Å²) >= 11 is 0. The molecule has 1 aromatic rings. The van der Waals surface area contributed by atoms with Crippen LogP contribution in [-0.2, 0) is 15.9 Å². The maximum absolute atomic E-state index is 11.9. The van der Waals surface area contributed by atoms with E-state index in [1.54, 1.807) is 18.3 Å². The van der Waals surface area contributed by atoms with Gasteiger partial charge in [0.1, 0.15) is 5.76 Å². The molecular formula is C20H35IN4O4. The first kappa shape index (κ1) is 25.5. The number of guanidine groups is 1. The Morgan fingerprint density at radius 1 is 1.38 bits per heavy atom. The monoisotopic (exact) mass is 522 g/mol. The molecule has 9 heteroatoms. The van der Waals surface area contributed by atoms with E-state index in [0.717, 1.165) is 31.0 Å². The molecule has 0 radical (unpaired) electrons. The smallest absolute Gasteiger partial charge is 0.409 e. The lowest BCUT2D eigenvalue weighted by Gasteiger charge is -2.32. The van der Waals surface area contributed by atoms with Crippen LogP contribution in [0.4, 0.5) is 4.79 Å². The van der Waals surface area contributed by atoms with Crippen LogP contribution in [-0.4, -0.2) is 68.5 Å². The summed E-state index contributed by atoms with van der Waals surface area (Å²) in [6, 6.07) is 4.11. The fraction of sp³-hybridized carbons (Fsp3) is 0.700. The molecule has 1 aromatic heterocycles. The van der Waals surface area contributed by atoms with Crippen LogP contribution in [0.1, 0.15) is 39.4 Å². The first-order valence-electron chi connectivity index (χ1n) is 9.97. The number of aliphatic imine (C=N–C) groups is 1. The van der Waals surface area contributed by atoms with E-state index in [0.29, 0.717) is 32.8 Å². The zero-order valence-corrected chi connectivity index (χ0v) is 20.2. The number of ether oxygens (including phenoxy) is 2. The van der Waals surface area contributed by atoms with Crippen LogP contribution in [0.15, 0.2) is 27.8 Å². The predicted molar refractivity (Wildman–Crippen MR) is 124 cm³/mol. The third kappa shape index (κ3) is 9.24. The van der Waals surface area contributed by atoms with Gasteiger partial charge in [-0.25, -0.2) is 4.79 Å². The summed E-state index contributed by atoms with van der Waals surface area (Å²) in [5.41, 5.74) is -0.330. The topological polar surface area (TPSA) is 88.3 Å². The number of carbonyl (C=O) groups excluding carboxylic acids is 1. The number of methoxy groups -OCH3 is 1. The van der Waals surface area contributed by atoms with Crippen molar-refractivity contribution in [2.75, 3.05) is 39.9 Å². The molecule has 2 rings (SSSR count). The van der Waals surface area contributed by atoms with Gasteiger partial charge in [-0.1, -0.05) is 0 Å². The maximum atomic E-state index is 11.9. The average molecular weight is 522 g/mol. The number of likely N-dealkylation sites (tertiary alicyclic amines) is 1. The summed E-state index contributed by atoms with van der Waals surface area (Å²) in [6.07, 6.45) is 3.94. The van der Waals surface area contributed by atoms with Crippen molar-refractivity contribution in [1.29, 1.82) is 0 Å². The van der Waals surface area contributed by atoms with Gasteiger partial charge in [0.25, 0.3) is 0 Å². The van der Waals surface area contributed by atoms with Gasteiger partial charge in [-0.15, -0.1) is 24.0 Å². The second-order valence-electron chi connectivity index (χ2n) is 7.49. The summed E-state index contributed by atoms with van der Waals surface area (Å²) < 4.78 is 15.9. The van der Waals surface area contributed by atoms with E-state index in [1.165, 1.54) is 0 Å². The quantitative estimate of drug-likeness (QED) is 0.310. The van der Waals surface area contributed by atoms with Crippen molar-refractivity contribution in [1.82, 2.24) is 15.5 Å². The number of halogens is 1. The summed E-state index contributed by atoms with van der Waals surface area (Å²) in [7, 11) is 1.69. The molecular weight excluding hydrogens is 487 g/mol. The fourth-order valence-electron chi connectivity index (χ4n) is 2.86. The minimum absolute atomic E-state index is 0. The lowest BCUT2D eigenvalue weighted by atomic mass is 10.1. The Hall–Kier alpha value is -1.49. The van der Waals surface area contributed by atoms with Crippen molar-refractivity contribution >= 4 is 36.0 Å². The average Bonchev–Trinajstić information content (AvgIpc) is 3.20. The molecule has 1 fully saturated rings. The molecule has 0 aliphatic carbocycles. The highest BCUT2D eigenvalue weighted by molar-refractivity contribution is 14.0. The largest absolute Gasteiger partial charge is 0.469 e. The van der Waals surface area contributed by atoms with Crippen LogP contribution < -0.4 is 10.6 Å². The van der Waals surface area contributed by atoms with Gasteiger partial charge in [-0.05, 0) is 45.7 Å². The van der Waals surface area contributed by atoms with Gasteiger partial charge >= 0.3 is 6.09 Å². The Morgan fingerprint density at radius 2 is 2.10 bits per heavy atom. The number of hydrogen-bond acceptors (Lipinski definition) is 5. The van der Waals surface area contributed by atoms with E-state index in [9.17, 15) is 4.79 Å². The van der Waals surface area contributed by atoms with E-state index < -0.39 is 0 Å². The molecule has 0 atom stereocenters. The van der Waals surface area contributed by atoms with Crippen molar-refractivity contribution < 1.29 is 18.7 Å². The molecule has 1 amide bonds. The number of nitrogens with one attached hydrogen (secondary N) is 2. The SMILES string of the molecule is CCOC(=O)N1CCC(NC(=NCC(C)(C)OC)NCCc2ccco2)CC1.I. The van der Waals surface area contributed by atoms with Crippen LogP contribution in [0.25, 0.3) is 0 Å². The standard InChI is InChI=1S/C20H34N4O4.HI/c1-5-27-19(25)24-12-9-16(10-13-24)23-18(22-15-20(2,3)26-4)21-11-8-17-7-6-14-28-17;/h6-7,14,16H,5,8-13,15H2,1-4H3,(H2,21,22,23);1H. The minimum atomic E-state index is -0.330. The molecule has 166 valence electrons. The van der Waals surface area contributed by atoms with Crippen molar-refractivity contribution in [3.8, 4) is 0 Å². The number of carbonyl (C=O) groups is 1. The van der Waals surface area contributed by atoms with Gasteiger partial charge in [0.15, 0.2) is 5.96 Å². The van der Waals surface area contributed by atoms with Crippen molar-refractivity contribution in [3.05, 3.63) is 24.2 Å². The summed E-state index contributed by atoms with van der Waals surface area (Å²) in [5.74, 6) is 1.69. The van der Waals surface area contributed by atoms with Crippen LogP contribution in [0.2, 0.25) is 0 Å². The number of hydrogen-bond donors (Lipinski definition) is 2. The van der Waals surface area contributed by atoms with E-state index in [4.69, 9.17) is 18.9 Å². The normalized spacial score (nSPS) is 15.6. The number of piperidine rings is 1. The van der Waals surface area contributed by atoms with E-state index in [-0.39, 0.29) is 41.7 Å². The Bertz CT molecular complexity index is 614. The Labute approximate surface area is 190 Å². The van der Waals surface area contributed by atoms with E-state index in [2.05, 4.69) is 10.6 Å². The molecule has 1 aliphatic heterocycles. The van der Waals surface area contributed by atoms with Gasteiger partial charge in [-0.2, -0.15) is 0 Å². The van der Waals surface area contributed by atoms with Gasteiger partial charge in [0.2, 0.25) is 0 Å². The summed E-state index contributed by atoms with van der Waals surface area (Å²) in [4.78, 5) is 18.3. The highest BCUT2D eigenvalue weighted by Gasteiger charge is 2.24. The first-order chi connectivity index (χ1) is 13.4. The third-order valence-electron chi connectivity index (χ3n) is 4.78. The van der Waals surface area contributed by atoms with Crippen LogP contribution in [0.3, 0.4) is 0 Å². The van der Waals surface area contributed by atoms with Crippen molar-refractivity contribution in [3.63, 3.8) is 0 Å². The van der Waals surface area contributed by atoms with Gasteiger partial charge in [0.05, 0.1) is 25.0 Å². The third-order valence-corrected chi connectivity index (χ3v) is 4.78. The van der Waals surface area contributed by atoms with Crippen LogP contribution >= 0.6 is 24.0 Å². The second-order valence-corrected chi connectivity index (χ2v) is 7.49. The van der Waals surface area contributed by atoms with Gasteiger partial charge in [-0.3, -0.25) is 4.99 Å². The Kier molecular flexibility index (Phi) is 11.4. The lowest BCUT2D eigenvalue weighted by molar-refractivity contribution is 0.0310. The molecule has 0 bridgehead atoms. The number of nitrogens with zero attached hydrogens (tertiary/aromatic N) is 2. The maximum Gasteiger partial charge on any atom is 0.409 e. The Balaban J connectivity index is 0.00000420. The van der Waals surface area contributed by atoms with E-state index >= 15 is 0 Å². The second kappa shape index (κ2) is 12.9. The molecule has 1 saturated heterocycles. The number of furan rings is 1. The summed E-state index contributed by atoms with van der Waals surface area (Å²) in [6.45, 7) is 8.87. The van der Waals surface area contributed by atoms with E-state index in [1.807, 2.05) is 32.9 Å². The molecule has 2 N–H and O–H groups in total.